The fourth-order valence-corrected chi connectivity index (χ4v) is 4.69. The number of carbonyl (C=O) groups excluding carboxylic acids is 1. The Kier molecular flexibility index (Phi) is 5.10. The number of hydrogen-bond acceptors (Lipinski definition) is 3. The third kappa shape index (κ3) is 3.49. The molecule has 5 nitrogen and oxygen atoms in total. The summed E-state index contributed by atoms with van der Waals surface area (Å²) < 4.78 is 27.4. The van der Waals surface area contributed by atoms with Crippen molar-refractivity contribution in [2.45, 2.75) is 44.2 Å². The van der Waals surface area contributed by atoms with Crippen LogP contribution in [0.4, 0.5) is 5.69 Å². The molecule has 1 amide bonds. The number of benzene rings is 2. The molecule has 0 fully saturated rings. The van der Waals surface area contributed by atoms with E-state index in [0.717, 1.165) is 17.7 Å². The van der Waals surface area contributed by atoms with Crippen LogP contribution in [-0.4, -0.2) is 26.4 Å². The first-order valence-corrected chi connectivity index (χ1v) is 10.3. The number of nitrogens with zero attached hydrogens (tertiary/aromatic N) is 1. The Bertz CT molecular complexity index is 957. The minimum atomic E-state index is -3.71. The Morgan fingerprint density at radius 3 is 2.62 bits per heavy atom. The molecular formula is C19H21ClN2O3S. The van der Waals surface area contributed by atoms with Crippen molar-refractivity contribution in [3.63, 3.8) is 0 Å². The van der Waals surface area contributed by atoms with Crippen LogP contribution in [0.15, 0.2) is 47.4 Å². The van der Waals surface area contributed by atoms with Crippen LogP contribution in [0.1, 0.15) is 36.7 Å². The largest absolute Gasteiger partial charge is 0.305 e. The summed E-state index contributed by atoms with van der Waals surface area (Å²) in [7, 11) is -3.71. The normalized spacial score (nSPS) is 16.8. The van der Waals surface area contributed by atoms with Gasteiger partial charge in [0, 0.05) is 17.8 Å². The van der Waals surface area contributed by atoms with Gasteiger partial charge in [-0.25, -0.2) is 13.1 Å². The molecule has 3 rings (SSSR count). The third-order valence-electron chi connectivity index (χ3n) is 4.30. The molecule has 0 bridgehead atoms. The molecule has 26 heavy (non-hydrogen) atoms. The number of sulfonamides is 1. The highest BCUT2D eigenvalue weighted by atomic mass is 35.5. The van der Waals surface area contributed by atoms with Gasteiger partial charge in [0.1, 0.15) is 0 Å². The first kappa shape index (κ1) is 18.9. The van der Waals surface area contributed by atoms with Crippen LogP contribution in [-0.2, 0) is 16.4 Å². The van der Waals surface area contributed by atoms with Crippen LogP contribution >= 0.6 is 11.6 Å². The van der Waals surface area contributed by atoms with Gasteiger partial charge in [-0.1, -0.05) is 29.8 Å². The monoisotopic (exact) mass is 392 g/mol. The molecule has 1 N–H and O–H groups in total. The standard InChI is InChI=1S/C19H21ClN2O3S/c1-12(2)21-26(24,25)15-8-9-17(20)16(11-15)19(23)22-13(3)10-14-6-4-5-7-18(14)22/h4-9,11-13,21H,10H2,1-3H3. The fourth-order valence-electron chi connectivity index (χ4n) is 3.22. The minimum Gasteiger partial charge on any atom is -0.305 e. The molecule has 0 saturated carbocycles. The maximum Gasteiger partial charge on any atom is 0.260 e. The van der Waals surface area contributed by atoms with E-state index in [1.807, 2.05) is 31.2 Å². The highest BCUT2D eigenvalue weighted by Gasteiger charge is 2.32. The van der Waals surface area contributed by atoms with Gasteiger partial charge in [0.2, 0.25) is 10.0 Å². The van der Waals surface area contributed by atoms with Gasteiger partial charge in [0.25, 0.3) is 5.91 Å². The highest BCUT2D eigenvalue weighted by molar-refractivity contribution is 7.89. The van der Waals surface area contributed by atoms with Gasteiger partial charge in [-0.2, -0.15) is 0 Å². The number of halogens is 1. The second-order valence-electron chi connectivity index (χ2n) is 6.77. The average molecular weight is 393 g/mol. The first-order chi connectivity index (χ1) is 12.2. The van der Waals surface area contributed by atoms with E-state index in [9.17, 15) is 13.2 Å². The van der Waals surface area contributed by atoms with Crippen LogP contribution in [0.3, 0.4) is 0 Å². The van der Waals surface area contributed by atoms with Gasteiger partial charge in [-0.3, -0.25) is 4.79 Å². The zero-order chi connectivity index (χ0) is 19.1. The number of rotatable bonds is 4. The maximum atomic E-state index is 13.2. The summed E-state index contributed by atoms with van der Waals surface area (Å²) in [6.45, 7) is 5.44. The van der Waals surface area contributed by atoms with E-state index in [4.69, 9.17) is 11.6 Å². The predicted molar refractivity (Wildman–Crippen MR) is 103 cm³/mol. The van der Waals surface area contributed by atoms with E-state index in [1.165, 1.54) is 18.2 Å². The molecule has 0 saturated heterocycles. The molecule has 0 aromatic heterocycles. The molecule has 1 atom stereocenters. The third-order valence-corrected chi connectivity index (χ3v) is 6.28. The van der Waals surface area contributed by atoms with E-state index in [0.29, 0.717) is 0 Å². The van der Waals surface area contributed by atoms with E-state index in [1.54, 1.807) is 18.7 Å². The van der Waals surface area contributed by atoms with Crippen molar-refractivity contribution in [3.8, 4) is 0 Å². The number of nitrogens with one attached hydrogen (secondary N) is 1. The van der Waals surface area contributed by atoms with Crippen LogP contribution in [0, 0.1) is 0 Å². The summed E-state index contributed by atoms with van der Waals surface area (Å²) in [5.41, 5.74) is 2.12. The lowest BCUT2D eigenvalue weighted by Gasteiger charge is -2.23. The van der Waals surface area contributed by atoms with Gasteiger partial charge in [-0.05, 0) is 57.0 Å². The van der Waals surface area contributed by atoms with Crippen molar-refractivity contribution in [2.75, 3.05) is 4.90 Å². The van der Waals surface area contributed by atoms with E-state index < -0.39 is 10.0 Å². The lowest BCUT2D eigenvalue weighted by Crippen LogP contribution is -2.36. The number of hydrogen-bond donors (Lipinski definition) is 1. The molecule has 2 aromatic rings. The fraction of sp³-hybridized carbons (Fsp3) is 0.316. The quantitative estimate of drug-likeness (QED) is 0.864. The maximum absolute atomic E-state index is 13.2. The van der Waals surface area contributed by atoms with Gasteiger partial charge < -0.3 is 4.90 Å². The Hall–Kier alpha value is -1.89. The van der Waals surface area contributed by atoms with Crippen molar-refractivity contribution in [2.24, 2.45) is 0 Å². The van der Waals surface area contributed by atoms with Gasteiger partial charge in [0.05, 0.1) is 15.5 Å². The first-order valence-electron chi connectivity index (χ1n) is 8.44. The van der Waals surface area contributed by atoms with Gasteiger partial charge in [0.15, 0.2) is 0 Å². The van der Waals surface area contributed by atoms with Crippen molar-refractivity contribution >= 4 is 33.2 Å². The Morgan fingerprint density at radius 2 is 1.92 bits per heavy atom. The summed E-state index contributed by atoms with van der Waals surface area (Å²) in [5, 5.41) is 0.232. The Morgan fingerprint density at radius 1 is 1.23 bits per heavy atom. The summed E-state index contributed by atoms with van der Waals surface area (Å²) in [6, 6.07) is 11.7. The van der Waals surface area contributed by atoms with Gasteiger partial charge >= 0.3 is 0 Å². The molecule has 1 aliphatic heterocycles. The molecule has 138 valence electrons. The van der Waals surface area contributed by atoms with Crippen LogP contribution in [0.25, 0.3) is 0 Å². The molecule has 0 radical (unpaired) electrons. The van der Waals surface area contributed by atoms with Crippen LogP contribution in [0.5, 0.6) is 0 Å². The summed E-state index contributed by atoms with van der Waals surface area (Å²) in [5.74, 6) is -0.297. The molecule has 0 spiro atoms. The number of para-hydroxylation sites is 1. The summed E-state index contributed by atoms with van der Waals surface area (Å²) in [4.78, 5) is 14.9. The zero-order valence-electron chi connectivity index (χ0n) is 14.9. The van der Waals surface area contributed by atoms with Crippen molar-refractivity contribution in [3.05, 3.63) is 58.6 Å². The summed E-state index contributed by atoms with van der Waals surface area (Å²) >= 11 is 6.24. The lowest BCUT2D eigenvalue weighted by molar-refractivity contribution is 0.0981. The van der Waals surface area contributed by atoms with E-state index in [-0.39, 0.29) is 33.5 Å². The second-order valence-corrected chi connectivity index (χ2v) is 8.90. The lowest BCUT2D eigenvalue weighted by atomic mass is 10.1. The van der Waals surface area contributed by atoms with Crippen molar-refractivity contribution in [1.29, 1.82) is 0 Å². The number of anilines is 1. The molecule has 1 heterocycles. The number of amides is 1. The van der Waals surface area contributed by atoms with Gasteiger partial charge in [-0.15, -0.1) is 0 Å². The summed E-state index contributed by atoms with van der Waals surface area (Å²) in [6.07, 6.45) is 0.756. The number of carbonyl (C=O) groups is 1. The van der Waals surface area contributed by atoms with Crippen LogP contribution < -0.4 is 9.62 Å². The predicted octanol–water partition coefficient (Wildman–Crippen LogP) is 3.62. The zero-order valence-corrected chi connectivity index (χ0v) is 16.4. The smallest absolute Gasteiger partial charge is 0.260 e. The molecule has 1 unspecified atom stereocenters. The minimum absolute atomic E-state index is 0.0231. The molecule has 0 aliphatic carbocycles. The highest BCUT2D eigenvalue weighted by Crippen LogP contribution is 2.34. The molecule has 2 aromatic carbocycles. The molecular weight excluding hydrogens is 372 g/mol. The van der Waals surface area contributed by atoms with Crippen LogP contribution in [0.2, 0.25) is 5.02 Å². The van der Waals surface area contributed by atoms with E-state index >= 15 is 0 Å². The van der Waals surface area contributed by atoms with Crippen molar-refractivity contribution in [1.82, 2.24) is 4.72 Å². The molecule has 7 heteroatoms. The Balaban J connectivity index is 2.02. The Labute approximate surface area is 159 Å². The number of fused-ring (bicyclic) bond motifs is 1. The van der Waals surface area contributed by atoms with E-state index in [2.05, 4.69) is 4.72 Å². The second kappa shape index (κ2) is 7.02. The SMILES string of the molecule is CC(C)NS(=O)(=O)c1ccc(Cl)c(C(=O)N2c3ccccc3CC2C)c1. The van der Waals surface area contributed by atoms with Crippen molar-refractivity contribution < 1.29 is 13.2 Å². The topological polar surface area (TPSA) is 66.5 Å². The average Bonchev–Trinajstić information content (AvgIpc) is 2.89. The molecule has 1 aliphatic rings.